The molecule has 3 rings (SSSR count). The van der Waals surface area contributed by atoms with E-state index in [2.05, 4.69) is 6.55 Å². The lowest BCUT2D eigenvalue weighted by Crippen LogP contribution is -2.45. The van der Waals surface area contributed by atoms with Gasteiger partial charge in [-0.15, -0.1) is 0 Å². The fraction of sp³-hybridized carbons (Fsp3) is 0.429. The standard InChI is InChI=1S/C14H17NO2Si/c1-18(8-4-5-9-18)10-15-13(16)11-6-2-3-7-12(11)14(15)17/h2-3,6-7H,4-5,8-10H2,1H3. The zero-order valence-electron chi connectivity index (χ0n) is 10.6. The number of carbonyl (C=O) groups excluding carboxylic acids is 2. The van der Waals surface area contributed by atoms with Gasteiger partial charge in [0.15, 0.2) is 0 Å². The summed E-state index contributed by atoms with van der Waals surface area (Å²) < 4.78 is 0. The summed E-state index contributed by atoms with van der Waals surface area (Å²) in [7, 11) is -1.39. The Hall–Kier alpha value is -1.42. The van der Waals surface area contributed by atoms with Crippen molar-refractivity contribution in [3.8, 4) is 0 Å². The van der Waals surface area contributed by atoms with Gasteiger partial charge in [-0.25, -0.2) is 0 Å². The third kappa shape index (κ3) is 1.72. The van der Waals surface area contributed by atoms with E-state index in [0.29, 0.717) is 17.3 Å². The van der Waals surface area contributed by atoms with Crippen molar-refractivity contribution in [2.75, 3.05) is 6.17 Å². The van der Waals surface area contributed by atoms with Crippen LogP contribution in [-0.4, -0.2) is 31.0 Å². The predicted octanol–water partition coefficient (Wildman–Crippen LogP) is 2.69. The van der Waals surface area contributed by atoms with E-state index >= 15 is 0 Å². The molecule has 94 valence electrons. The molecule has 0 spiro atoms. The van der Waals surface area contributed by atoms with Crippen molar-refractivity contribution in [2.24, 2.45) is 0 Å². The van der Waals surface area contributed by atoms with Gasteiger partial charge in [0.25, 0.3) is 11.8 Å². The highest BCUT2D eigenvalue weighted by molar-refractivity contribution is 6.79. The second-order valence-corrected chi connectivity index (χ2v) is 10.7. The van der Waals surface area contributed by atoms with Crippen LogP contribution >= 0.6 is 0 Å². The summed E-state index contributed by atoms with van der Waals surface area (Å²) in [6.45, 7) is 2.32. The highest BCUT2D eigenvalue weighted by Gasteiger charge is 2.41. The topological polar surface area (TPSA) is 37.4 Å². The molecule has 0 unspecified atom stereocenters. The molecule has 0 N–H and O–H groups in total. The average Bonchev–Trinajstić information content (AvgIpc) is 2.89. The predicted molar refractivity (Wildman–Crippen MR) is 72.3 cm³/mol. The van der Waals surface area contributed by atoms with Gasteiger partial charge < -0.3 is 0 Å². The minimum absolute atomic E-state index is 0.0868. The fourth-order valence-corrected chi connectivity index (χ4v) is 6.98. The van der Waals surface area contributed by atoms with Gasteiger partial charge in [-0.1, -0.05) is 43.6 Å². The molecule has 3 nitrogen and oxygen atoms in total. The molecule has 1 aromatic carbocycles. The highest BCUT2D eigenvalue weighted by Crippen LogP contribution is 2.33. The Kier molecular flexibility index (Phi) is 2.62. The zero-order valence-corrected chi connectivity index (χ0v) is 11.6. The van der Waals surface area contributed by atoms with E-state index in [4.69, 9.17) is 0 Å². The monoisotopic (exact) mass is 259 g/mol. The number of benzene rings is 1. The lowest BCUT2D eigenvalue weighted by molar-refractivity contribution is 0.0678. The Morgan fingerprint density at radius 1 is 1.06 bits per heavy atom. The van der Waals surface area contributed by atoms with E-state index in [-0.39, 0.29) is 11.8 Å². The molecule has 0 bridgehead atoms. The molecule has 2 amide bonds. The summed E-state index contributed by atoms with van der Waals surface area (Å²) in [4.78, 5) is 26.0. The molecule has 2 heterocycles. The van der Waals surface area contributed by atoms with Crippen LogP contribution in [0.4, 0.5) is 0 Å². The summed E-state index contributed by atoms with van der Waals surface area (Å²) in [6, 6.07) is 9.66. The lowest BCUT2D eigenvalue weighted by Gasteiger charge is -2.26. The number of nitrogens with zero attached hydrogens (tertiary/aromatic N) is 1. The number of amides is 2. The Morgan fingerprint density at radius 2 is 1.56 bits per heavy atom. The highest BCUT2D eigenvalue weighted by atomic mass is 28.3. The molecule has 2 aliphatic rings. The van der Waals surface area contributed by atoms with Crippen molar-refractivity contribution in [1.29, 1.82) is 0 Å². The molecule has 1 saturated heterocycles. The van der Waals surface area contributed by atoms with Crippen LogP contribution in [-0.2, 0) is 0 Å². The van der Waals surface area contributed by atoms with E-state index in [1.165, 1.54) is 29.8 Å². The summed E-state index contributed by atoms with van der Waals surface area (Å²) >= 11 is 0. The molecule has 1 fully saturated rings. The number of hydrogen-bond donors (Lipinski definition) is 0. The molecule has 0 saturated carbocycles. The van der Waals surface area contributed by atoms with E-state index in [9.17, 15) is 9.59 Å². The average molecular weight is 259 g/mol. The second-order valence-electron chi connectivity index (χ2n) is 5.76. The molecule has 18 heavy (non-hydrogen) atoms. The molecule has 4 heteroatoms. The van der Waals surface area contributed by atoms with Gasteiger partial charge in [0.2, 0.25) is 0 Å². The van der Waals surface area contributed by atoms with Crippen LogP contribution in [0.2, 0.25) is 18.6 Å². The van der Waals surface area contributed by atoms with Gasteiger partial charge in [-0.05, 0) is 12.1 Å². The van der Waals surface area contributed by atoms with Crippen molar-refractivity contribution in [1.82, 2.24) is 4.90 Å². The van der Waals surface area contributed by atoms with Gasteiger partial charge in [0.1, 0.15) is 0 Å². The van der Waals surface area contributed by atoms with Crippen LogP contribution in [0.3, 0.4) is 0 Å². The molecule has 2 aliphatic heterocycles. The van der Waals surface area contributed by atoms with Crippen molar-refractivity contribution >= 4 is 19.9 Å². The molecule has 0 aromatic heterocycles. The first-order valence-electron chi connectivity index (χ1n) is 6.56. The smallest absolute Gasteiger partial charge is 0.261 e. The molecule has 0 atom stereocenters. The minimum Gasteiger partial charge on any atom is -0.277 e. The number of carbonyl (C=O) groups is 2. The number of imide groups is 1. The first-order valence-corrected chi connectivity index (χ1v) is 9.68. The molecule has 1 aromatic rings. The molecular formula is C14H17NO2Si. The SMILES string of the molecule is C[Si]1(CN2C(=O)c3ccccc3C2=O)CCCC1. The molecular weight excluding hydrogens is 242 g/mol. The van der Waals surface area contributed by atoms with E-state index < -0.39 is 8.07 Å². The summed E-state index contributed by atoms with van der Waals surface area (Å²) in [6.07, 6.45) is 3.25. The largest absolute Gasteiger partial charge is 0.277 e. The fourth-order valence-electron chi connectivity index (χ4n) is 3.15. The maximum atomic E-state index is 12.3. The van der Waals surface area contributed by atoms with E-state index in [0.717, 1.165) is 0 Å². The van der Waals surface area contributed by atoms with Crippen LogP contribution in [0.5, 0.6) is 0 Å². The van der Waals surface area contributed by atoms with Gasteiger partial charge in [-0.3, -0.25) is 14.5 Å². The normalized spacial score (nSPS) is 21.5. The van der Waals surface area contributed by atoms with Crippen molar-refractivity contribution in [2.45, 2.75) is 31.5 Å². The maximum Gasteiger partial charge on any atom is 0.261 e. The van der Waals surface area contributed by atoms with Crippen molar-refractivity contribution in [3.05, 3.63) is 35.4 Å². The first kappa shape index (κ1) is 11.7. The summed E-state index contributed by atoms with van der Waals surface area (Å²) in [5.41, 5.74) is 1.16. The third-order valence-electron chi connectivity index (χ3n) is 4.23. The number of hydrogen-bond acceptors (Lipinski definition) is 2. The summed E-state index contributed by atoms with van der Waals surface area (Å²) in [5, 5.41) is 0. The van der Waals surface area contributed by atoms with Crippen LogP contribution < -0.4 is 0 Å². The minimum atomic E-state index is -1.39. The van der Waals surface area contributed by atoms with Crippen LogP contribution in [0.15, 0.2) is 24.3 Å². The van der Waals surface area contributed by atoms with Gasteiger partial charge in [0, 0.05) is 6.17 Å². The van der Waals surface area contributed by atoms with Gasteiger partial charge >= 0.3 is 0 Å². The van der Waals surface area contributed by atoms with E-state index in [1.54, 1.807) is 12.1 Å². The molecule has 0 aliphatic carbocycles. The Bertz CT molecular complexity index is 485. The zero-order chi connectivity index (χ0) is 12.8. The van der Waals surface area contributed by atoms with Gasteiger partial charge in [-0.2, -0.15) is 0 Å². The van der Waals surface area contributed by atoms with Gasteiger partial charge in [0.05, 0.1) is 19.2 Å². The Labute approximate surface area is 108 Å². The van der Waals surface area contributed by atoms with Crippen LogP contribution in [0.25, 0.3) is 0 Å². The summed E-state index contributed by atoms with van der Waals surface area (Å²) in [5.74, 6) is -0.174. The van der Waals surface area contributed by atoms with E-state index in [1.807, 2.05) is 12.1 Å². The maximum absolute atomic E-state index is 12.3. The number of rotatable bonds is 2. The number of fused-ring (bicyclic) bond motifs is 1. The second kappa shape index (κ2) is 4.05. The van der Waals surface area contributed by atoms with Crippen LogP contribution in [0.1, 0.15) is 33.6 Å². The molecule has 0 radical (unpaired) electrons. The quantitative estimate of drug-likeness (QED) is 0.605. The van der Waals surface area contributed by atoms with Crippen molar-refractivity contribution in [3.63, 3.8) is 0 Å². The Morgan fingerprint density at radius 3 is 2.06 bits per heavy atom. The Balaban J connectivity index is 1.88. The lowest BCUT2D eigenvalue weighted by atomic mass is 10.1. The third-order valence-corrected chi connectivity index (χ3v) is 8.43. The van der Waals surface area contributed by atoms with Crippen molar-refractivity contribution < 1.29 is 9.59 Å². The first-order chi connectivity index (χ1) is 8.61. The van der Waals surface area contributed by atoms with Crippen LogP contribution in [0, 0.1) is 0 Å².